The first-order valence-electron chi connectivity index (χ1n) is 10.6. The minimum absolute atomic E-state index is 0.128. The van der Waals surface area contributed by atoms with Crippen LogP contribution in [0, 0.1) is 0 Å². The van der Waals surface area contributed by atoms with Crippen LogP contribution in [0.4, 0.5) is 38.0 Å². The summed E-state index contributed by atoms with van der Waals surface area (Å²) in [6.07, 6.45) is -6.39. The van der Waals surface area contributed by atoms with Crippen molar-refractivity contribution >= 4 is 17.5 Å². The zero-order valence-electron chi connectivity index (χ0n) is 19.5. The lowest BCUT2D eigenvalue weighted by Gasteiger charge is -2.32. The van der Waals surface area contributed by atoms with Crippen LogP contribution in [-0.2, 0) is 6.18 Å². The number of halogens is 6. The number of anilines is 2. The fourth-order valence-electron chi connectivity index (χ4n) is 3.65. The predicted octanol–water partition coefficient (Wildman–Crippen LogP) is 5.46. The van der Waals surface area contributed by atoms with Crippen LogP contribution >= 0.6 is 0 Å². The van der Waals surface area contributed by atoms with E-state index in [-0.39, 0.29) is 23.7 Å². The summed E-state index contributed by atoms with van der Waals surface area (Å²) in [6.45, 7) is 7.90. The Balaban J connectivity index is 1.87. The summed E-state index contributed by atoms with van der Waals surface area (Å²) in [5, 5.41) is 5.84. The molecular weight excluding hydrogens is 494 g/mol. The number of aromatic nitrogens is 4. The van der Waals surface area contributed by atoms with Gasteiger partial charge in [0.2, 0.25) is 5.95 Å². The largest absolute Gasteiger partial charge is 0.573 e. The van der Waals surface area contributed by atoms with E-state index in [1.807, 2.05) is 32.6 Å². The Kier molecular flexibility index (Phi) is 7.46. The van der Waals surface area contributed by atoms with Crippen molar-refractivity contribution in [2.24, 2.45) is 0 Å². The molecule has 2 aromatic heterocycles. The normalized spacial score (nSPS) is 12.2. The molecule has 36 heavy (non-hydrogen) atoms. The van der Waals surface area contributed by atoms with Crippen molar-refractivity contribution in [1.82, 2.24) is 19.7 Å². The SMILES string of the molecule is CC(C)N(c1cnc(NC(=O)c2cnn(-c3ccc(OC(F)(F)F)cc3)c2C(F)(F)F)nc1)C(C)C. The van der Waals surface area contributed by atoms with Crippen molar-refractivity contribution in [2.45, 2.75) is 52.3 Å². The van der Waals surface area contributed by atoms with E-state index in [0.717, 1.165) is 24.3 Å². The summed E-state index contributed by atoms with van der Waals surface area (Å²) in [5.41, 5.74) is -1.82. The van der Waals surface area contributed by atoms with Crippen LogP contribution in [0.3, 0.4) is 0 Å². The Morgan fingerprint density at radius 3 is 1.97 bits per heavy atom. The molecule has 14 heteroatoms. The van der Waals surface area contributed by atoms with Crippen molar-refractivity contribution < 1.29 is 35.9 Å². The van der Waals surface area contributed by atoms with Crippen LogP contribution < -0.4 is 15.0 Å². The quantitative estimate of drug-likeness (QED) is 0.420. The number of nitrogens with zero attached hydrogens (tertiary/aromatic N) is 5. The van der Waals surface area contributed by atoms with E-state index in [9.17, 15) is 31.1 Å². The molecular formula is C22H22F6N6O2. The topological polar surface area (TPSA) is 85.2 Å². The lowest BCUT2D eigenvalue weighted by molar-refractivity contribution is -0.274. The monoisotopic (exact) mass is 516 g/mol. The predicted molar refractivity (Wildman–Crippen MR) is 118 cm³/mol. The van der Waals surface area contributed by atoms with Gasteiger partial charge < -0.3 is 9.64 Å². The lowest BCUT2D eigenvalue weighted by atomic mass is 10.2. The van der Waals surface area contributed by atoms with Crippen LogP contribution in [0.1, 0.15) is 43.7 Å². The van der Waals surface area contributed by atoms with Crippen LogP contribution in [0.5, 0.6) is 5.75 Å². The van der Waals surface area contributed by atoms with Gasteiger partial charge in [0, 0.05) is 12.1 Å². The van der Waals surface area contributed by atoms with Crippen molar-refractivity contribution in [3.8, 4) is 11.4 Å². The molecule has 0 saturated heterocycles. The minimum Gasteiger partial charge on any atom is -0.406 e. The summed E-state index contributed by atoms with van der Waals surface area (Å²) >= 11 is 0. The molecule has 0 spiro atoms. The van der Waals surface area contributed by atoms with Gasteiger partial charge in [0.15, 0.2) is 5.69 Å². The second-order valence-corrected chi connectivity index (χ2v) is 8.17. The van der Waals surface area contributed by atoms with Crippen LogP contribution in [0.25, 0.3) is 5.69 Å². The van der Waals surface area contributed by atoms with Crippen LogP contribution in [0.15, 0.2) is 42.9 Å². The van der Waals surface area contributed by atoms with E-state index in [1.54, 1.807) is 0 Å². The van der Waals surface area contributed by atoms with Crippen molar-refractivity contribution in [3.63, 3.8) is 0 Å². The zero-order valence-corrected chi connectivity index (χ0v) is 19.5. The van der Waals surface area contributed by atoms with Gasteiger partial charge in [-0.3, -0.25) is 10.1 Å². The second kappa shape index (κ2) is 10.0. The molecule has 0 aliphatic rings. The number of alkyl halides is 6. The van der Waals surface area contributed by atoms with Crippen LogP contribution in [-0.4, -0.2) is 44.1 Å². The molecule has 8 nitrogen and oxygen atoms in total. The third kappa shape index (κ3) is 6.23. The highest BCUT2D eigenvalue weighted by Crippen LogP contribution is 2.34. The Hall–Kier alpha value is -3.84. The number of benzene rings is 1. The summed E-state index contributed by atoms with van der Waals surface area (Å²) < 4.78 is 82.8. The molecule has 0 unspecified atom stereocenters. The molecule has 0 aliphatic carbocycles. The van der Waals surface area contributed by atoms with Gasteiger partial charge in [-0.1, -0.05) is 0 Å². The van der Waals surface area contributed by atoms with Gasteiger partial charge in [-0.05, 0) is 52.0 Å². The standard InChI is InChI=1S/C22H22F6N6O2/c1-12(2)33(13(3)4)15-9-29-20(30-10-15)32-19(35)17-11-31-34(18(17)21(23,24)25)14-5-7-16(8-6-14)36-22(26,27)28/h5-13H,1-4H3,(H,29,30,32,35). The maximum Gasteiger partial charge on any atom is 0.573 e. The van der Waals surface area contributed by atoms with E-state index in [2.05, 4.69) is 25.1 Å². The third-order valence-electron chi connectivity index (χ3n) is 4.87. The average molecular weight is 516 g/mol. The number of hydrogen-bond donors (Lipinski definition) is 1. The molecule has 0 bridgehead atoms. The zero-order chi connectivity index (χ0) is 26.8. The van der Waals surface area contributed by atoms with Gasteiger partial charge in [-0.15, -0.1) is 13.2 Å². The first kappa shape index (κ1) is 26.8. The number of carbonyl (C=O) groups is 1. The Labute approximate surface area is 201 Å². The third-order valence-corrected chi connectivity index (χ3v) is 4.87. The van der Waals surface area contributed by atoms with E-state index in [0.29, 0.717) is 16.6 Å². The fourth-order valence-corrected chi connectivity index (χ4v) is 3.65. The summed E-state index contributed by atoms with van der Waals surface area (Å²) in [4.78, 5) is 22.7. The highest BCUT2D eigenvalue weighted by molar-refractivity contribution is 6.04. The molecule has 194 valence electrons. The van der Waals surface area contributed by atoms with Crippen molar-refractivity contribution in [2.75, 3.05) is 10.2 Å². The molecule has 0 atom stereocenters. The lowest BCUT2D eigenvalue weighted by Crippen LogP contribution is -2.37. The fraction of sp³-hybridized carbons (Fsp3) is 0.364. The first-order valence-corrected chi connectivity index (χ1v) is 10.6. The molecule has 1 N–H and O–H groups in total. The number of carbonyl (C=O) groups excluding carboxylic acids is 1. The summed E-state index contributed by atoms with van der Waals surface area (Å²) in [7, 11) is 0. The molecule has 0 aliphatic heterocycles. The van der Waals surface area contributed by atoms with E-state index >= 15 is 0 Å². The van der Waals surface area contributed by atoms with Crippen molar-refractivity contribution in [3.05, 3.63) is 54.1 Å². The van der Waals surface area contributed by atoms with Gasteiger partial charge in [0.05, 0.1) is 35.5 Å². The van der Waals surface area contributed by atoms with Gasteiger partial charge in [-0.25, -0.2) is 14.6 Å². The number of hydrogen-bond acceptors (Lipinski definition) is 6. The molecule has 1 amide bonds. The van der Waals surface area contributed by atoms with Gasteiger partial charge in [-0.2, -0.15) is 18.3 Å². The highest BCUT2D eigenvalue weighted by Gasteiger charge is 2.41. The maximum absolute atomic E-state index is 13.9. The van der Waals surface area contributed by atoms with Gasteiger partial charge in [0.1, 0.15) is 5.75 Å². The number of ether oxygens (including phenoxy) is 1. The molecule has 0 saturated carbocycles. The number of nitrogens with one attached hydrogen (secondary N) is 1. The molecule has 0 fully saturated rings. The average Bonchev–Trinajstić information content (AvgIpc) is 3.20. The maximum atomic E-state index is 13.9. The first-order chi connectivity index (χ1) is 16.7. The summed E-state index contributed by atoms with van der Waals surface area (Å²) in [6, 6.07) is 3.81. The number of amides is 1. The molecule has 1 aromatic carbocycles. The highest BCUT2D eigenvalue weighted by atomic mass is 19.4. The van der Waals surface area contributed by atoms with Crippen LogP contribution in [0.2, 0.25) is 0 Å². The Bertz CT molecular complexity index is 1180. The Morgan fingerprint density at radius 1 is 0.944 bits per heavy atom. The minimum atomic E-state index is -5.02. The molecule has 2 heterocycles. The Morgan fingerprint density at radius 2 is 1.50 bits per heavy atom. The van der Waals surface area contributed by atoms with E-state index in [1.165, 1.54) is 12.4 Å². The van der Waals surface area contributed by atoms with Gasteiger partial charge >= 0.3 is 12.5 Å². The molecule has 3 aromatic rings. The van der Waals surface area contributed by atoms with E-state index in [4.69, 9.17) is 0 Å². The van der Waals surface area contributed by atoms with E-state index < -0.39 is 35.5 Å². The number of rotatable bonds is 7. The smallest absolute Gasteiger partial charge is 0.406 e. The second-order valence-electron chi connectivity index (χ2n) is 8.17. The van der Waals surface area contributed by atoms with Gasteiger partial charge in [0.25, 0.3) is 5.91 Å². The molecule has 0 radical (unpaired) electrons. The molecule has 3 rings (SSSR count). The summed E-state index contributed by atoms with van der Waals surface area (Å²) in [5.74, 6) is -2.01. The van der Waals surface area contributed by atoms with Crippen molar-refractivity contribution in [1.29, 1.82) is 0 Å².